The predicted octanol–water partition coefficient (Wildman–Crippen LogP) is 11.0. The number of rotatable bonds is 6. The van der Waals surface area contributed by atoms with Gasteiger partial charge in [0, 0.05) is 38.3 Å². The first-order chi connectivity index (χ1) is 22.9. The molecule has 8 aromatic rings. The van der Waals surface area contributed by atoms with E-state index in [0.717, 1.165) is 83.4 Å². The zero-order chi connectivity index (χ0) is 32.0. The summed E-state index contributed by atoms with van der Waals surface area (Å²) in [7, 11) is -2.39. The molecule has 47 heavy (non-hydrogen) atoms. The van der Waals surface area contributed by atoms with Crippen LogP contribution in [-0.2, 0) is 4.57 Å². The normalized spacial score (nSPS) is 11.7. The van der Waals surface area contributed by atoms with Gasteiger partial charge in [0.25, 0.3) is 0 Å². The van der Waals surface area contributed by atoms with E-state index in [4.69, 9.17) is 14.4 Å². The molecule has 2 heterocycles. The van der Waals surface area contributed by atoms with E-state index < -0.39 is 7.14 Å². The second kappa shape index (κ2) is 11.7. The number of hydrogen-bond acceptors (Lipinski definition) is 4. The first-order valence-electron chi connectivity index (χ1n) is 15.6. The zero-order valence-corrected chi connectivity index (χ0v) is 27.0. The van der Waals surface area contributed by atoms with Crippen LogP contribution in [0.25, 0.3) is 78.1 Å². The van der Waals surface area contributed by atoms with Gasteiger partial charge in [-0.2, -0.15) is 0 Å². The van der Waals surface area contributed by atoms with Gasteiger partial charge in [-0.1, -0.05) is 133 Å². The fraction of sp³-hybridized carbons (Fsp3) is 0.0476. The molecule has 0 amide bonds. The van der Waals surface area contributed by atoms with E-state index in [2.05, 4.69) is 66.7 Å². The van der Waals surface area contributed by atoms with Crippen LogP contribution >= 0.6 is 7.14 Å². The Morgan fingerprint density at radius 2 is 0.979 bits per heavy atom. The first kappa shape index (κ1) is 28.9. The number of para-hydroxylation sites is 1. The highest BCUT2D eigenvalue weighted by molar-refractivity contribution is 7.70. The maximum absolute atomic E-state index is 12.8. The minimum Gasteiger partial charge on any atom is -0.456 e. The number of hydrogen-bond donors (Lipinski definition) is 0. The Kier molecular flexibility index (Phi) is 7.16. The summed E-state index contributed by atoms with van der Waals surface area (Å²) in [6.07, 6.45) is 0. The van der Waals surface area contributed by atoms with Gasteiger partial charge in [0.2, 0.25) is 0 Å². The molecule has 0 spiro atoms. The fourth-order valence-corrected chi connectivity index (χ4v) is 7.13. The Morgan fingerprint density at radius 3 is 1.66 bits per heavy atom. The number of fused-ring (bicyclic) bond motifs is 3. The molecule has 0 radical (unpaired) electrons. The zero-order valence-electron chi connectivity index (χ0n) is 26.1. The Bertz CT molecular complexity index is 2440. The van der Waals surface area contributed by atoms with Gasteiger partial charge in [0.1, 0.15) is 18.3 Å². The van der Waals surface area contributed by atoms with Crippen molar-refractivity contribution in [3.8, 4) is 56.2 Å². The molecular weight excluding hydrogens is 595 g/mol. The van der Waals surface area contributed by atoms with E-state index in [0.29, 0.717) is 0 Å². The Labute approximate surface area is 273 Å². The molecule has 4 nitrogen and oxygen atoms in total. The monoisotopic (exact) mass is 626 g/mol. The van der Waals surface area contributed by atoms with Gasteiger partial charge < -0.3 is 8.98 Å². The van der Waals surface area contributed by atoms with Crippen LogP contribution in [0, 0.1) is 0 Å². The highest BCUT2D eigenvalue weighted by Crippen LogP contribution is 2.42. The van der Waals surface area contributed by atoms with E-state index in [1.165, 1.54) is 0 Å². The van der Waals surface area contributed by atoms with Crippen molar-refractivity contribution in [2.24, 2.45) is 0 Å². The molecule has 0 atom stereocenters. The van der Waals surface area contributed by atoms with Crippen molar-refractivity contribution in [1.82, 2.24) is 9.97 Å². The lowest BCUT2D eigenvalue weighted by molar-refractivity contribution is 0.588. The van der Waals surface area contributed by atoms with Crippen LogP contribution in [0.15, 0.2) is 156 Å². The maximum Gasteiger partial charge on any atom is 0.136 e. The van der Waals surface area contributed by atoms with Crippen molar-refractivity contribution < 1.29 is 8.98 Å². The number of aromatic nitrogens is 2. The molecule has 5 heteroatoms. The molecule has 0 N–H and O–H groups in total. The second-order valence-corrected chi connectivity index (χ2v) is 15.3. The van der Waals surface area contributed by atoms with E-state index in [9.17, 15) is 4.57 Å². The van der Waals surface area contributed by atoms with Gasteiger partial charge >= 0.3 is 0 Å². The van der Waals surface area contributed by atoms with Crippen LogP contribution in [0.1, 0.15) is 0 Å². The summed E-state index contributed by atoms with van der Waals surface area (Å²) in [5, 5.41) is 2.93. The van der Waals surface area contributed by atoms with Crippen LogP contribution in [0.2, 0.25) is 0 Å². The summed E-state index contributed by atoms with van der Waals surface area (Å²) >= 11 is 0. The fourth-order valence-electron chi connectivity index (χ4n) is 6.23. The van der Waals surface area contributed by atoms with Crippen molar-refractivity contribution in [2.75, 3.05) is 13.3 Å². The molecule has 0 unspecified atom stereocenters. The van der Waals surface area contributed by atoms with Crippen LogP contribution in [0.3, 0.4) is 0 Å². The van der Waals surface area contributed by atoms with Crippen molar-refractivity contribution in [3.63, 3.8) is 0 Å². The van der Waals surface area contributed by atoms with Crippen LogP contribution in [0.4, 0.5) is 0 Å². The Hall–Kier alpha value is -5.57. The third-order valence-electron chi connectivity index (χ3n) is 8.61. The smallest absolute Gasteiger partial charge is 0.136 e. The van der Waals surface area contributed by atoms with Crippen LogP contribution < -0.4 is 5.30 Å². The Balaban J connectivity index is 1.39. The number of benzene rings is 6. The average Bonchev–Trinajstić information content (AvgIpc) is 3.51. The molecular formula is C42H31N2O2P. The minimum atomic E-state index is -2.39. The summed E-state index contributed by atoms with van der Waals surface area (Å²) in [5.41, 5.74) is 10.8. The first-order valence-corrected chi connectivity index (χ1v) is 18.2. The largest absolute Gasteiger partial charge is 0.456 e. The lowest BCUT2D eigenvalue weighted by atomic mass is 9.96. The summed E-state index contributed by atoms with van der Waals surface area (Å²) in [4.78, 5) is 10.9. The van der Waals surface area contributed by atoms with Gasteiger partial charge in [0.05, 0.1) is 22.8 Å². The highest BCUT2D eigenvalue weighted by atomic mass is 31.2. The number of nitrogens with zero attached hydrogens (tertiary/aromatic N) is 2. The summed E-state index contributed by atoms with van der Waals surface area (Å²) in [6, 6.07) is 51.2. The van der Waals surface area contributed by atoms with Gasteiger partial charge in [-0.05, 0) is 42.7 Å². The van der Waals surface area contributed by atoms with Gasteiger partial charge in [-0.25, -0.2) is 9.97 Å². The van der Waals surface area contributed by atoms with Crippen molar-refractivity contribution in [1.29, 1.82) is 0 Å². The van der Waals surface area contributed by atoms with Gasteiger partial charge in [0.15, 0.2) is 0 Å². The van der Waals surface area contributed by atoms with E-state index in [1.54, 1.807) is 0 Å². The van der Waals surface area contributed by atoms with Crippen LogP contribution in [0.5, 0.6) is 0 Å². The highest BCUT2D eigenvalue weighted by Gasteiger charge is 2.22. The van der Waals surface area contributed by atoms with Crippen molar-refractivity contribution in [3.05, 3.63) is 152 Å². The molecule has 8 rings (SSSR count). The lowest BCUT2D eigenvalue weighted by Gasteiger charge is -2.17. The molecule has 0 bridgehead atoms. The van der Waals surface area contributed by atoms with Crippen LogP contribution in [-0.4, -0.2) is 23.3 Å². The predicted molar refractivity (Wildman–Crippen MR) is 196 cm³/mol. The molecule has 2 aromatic heterocycles. The summed E-state index contributed by atoms with van der Waals surface area (Å²) in [5.74, 6) is 0. The average molecular weight is 627 g/mol. The third kappa shape index (κ3) is 5.37. The molecule has 0 aliphatic carbocycles. The van der Waals surface area contributed by atoms with Gasteiger partial charge in [-0.3, -0.25) is 0 Å². The summed E-state index contributed by atoms with van der Waals surface area (Å²) < 4.78 is 19.1. The SMILES string of the molecule is CP(C)(=O)c1cccc(-c2ccc(-c3nc(-c4ccccc4)c(-c4ccccc4)nc3-c3cccc4oc5ccccc5c34)cc2)c1. The Morgan fingerprint density at radius 1 is 0.468 bits per heavy atom. The molecule has 0 aliphatic heterocycles. The van der Waals surface area contributed by atoms with Gasteiger partial charge in [-0.15, -0.1) is 0 Å². The number of furan rings is 1. The molecule has 0 fully saturated rings. The molecule has 0 aliphatic rings. The molecule has 0 saturated heterocycles. The second-order valence-electron chi connectivity index (χ2n) is 12.1. The summed E-state index contributed by atoms with van der Waals surface area (Å²) in [6.45, 7) is 3.62. The lowest BCUT2D eigenvalue weighted by Crippen LogP contribution is -2.02. The van der Waals surface area contributed by atoms with E-state index >= 15 is 0 Å². The topological polar surface area (TPSA) is 56.0 Å². The quantitative estimate of drug-likeness (QED) is 0.172. The van der Waals surface area contributed by atoms with Crippen molar-refractivity contribution >= 4 is 34.4 Å². The molecule has 0 saturated carbocycles. The third-order valence-corrected chi connectivity index (χ3v) is 10.1. The standard InChI is InChI=1S/C42H31N2O2P/c1-47(2,45)33-18-11-17-32(27-33)28-23-25-31(26-24-28)41-42(35-20-12-22-37-38(35)34-19-9-10-21-36(34)46-37)44-40(30-15-7-4-8-16-30)39(43-41)29-13-5-3-6-14-29/h3-27H,1-2H3. The molecule has 226 valence electrons. The van der Waals surface area contributed by atoms with Crippen molar-refractivity contribution in [2.45, 2.75) is 0 Å². The molecule has 6 aromatic carbocycles. The maximum atomic E-state index is 12.8. The van der Waals surface area contributed by atoms with E-state index in [1.807, 2.05) is 98.3 Å². The van der Waals surface area contributed by atoms with E-state index in [-0.39, 0.29) is 0 Å². The minimum absolute atomic E-state index is 0.785.